The van der Waals surface area contributed by atoms with Gasteiger partial charge >= 0.3 is 0 Å². The number of nitrogens with one attached hydrogen (secondary N) is 2. The largest absolute Gasteiger partial charge is 0.507 e. The second-order valence-corrected chi connectivity index (χ2v) is 7.74. The van der Waals surface area contributed by atoms with Crippen molar-refractivity contribution in [3.63, 3.8) is 0 Å². The Morgan fingerprint density at radius 3 is 2.52 bits per heavy atom. The number of hydrogen-bond acceptors (Lipinski definition) is 5. The maximum atomic E-state index is 14.4. The minimum absolute atomic E-state index is 0.0164. The highest BCUT2D eigenvalue weighted by molar-refractivity contribution is 6.29. The molecule has 3 aromatic rings. The number of piperazine rings is 1. The number of para-hydroxylation sites is 1. The van der Waals surface area contributed by atoms with Crippen molar-refractivity contribution in [1.29, 1.82) is 0 Å². The topological polar surface area (TPSA) is 77.5 Å². The van der Waals surface area contributed by atoms with Crippen LogP contribution >= 0.6 is 11.6 Å². The van der Waals surface area contributed by atoms with E-state index in [0.29, 0.717) is 21.8 Å². The minimum atomic E-state index is -0.578. The van der Waals surface area contributed by atoms with Crippen LogP contribution < -0.4 is 15.5 Å². The first kappa shape index (κ1) is 21.1. The average Bonchev–Trinajstić information content (AvgIpc) is 2.75. The lowest BCUT2D eigenvalue weighted by Crippen LogP contribution is -2.43. The number of benzene rings is 2. The average molecular weight is 441 g/mol. The van der Waals surface area contributed by atoms with Crippen molar-refractivity contribution in [2.75, 3.05) is 36.4 Å². The Hall–Kier alpha value is -3.16. The number of amides is 1. The van der Waals surface area contributed by atoms with E-state index in [-0.39, 0.29) is 17.3 Å². The van der Waals surface area contributed by atoms with Crippen LogP contribution in [0.5, 0.6) is 5.75 Å². The maximum Gasteiger partial charge on any atom is 0.221 e. The van der Waals surface area contributed by atoms with Crippen LogP contribution in [0, 0.1) is 5.82 Å². The van der Waals surface area contributed by atoms with Crippen LogP contribution in [0.3, 0.4) is 0 Å². The number of aromatic nitrogens is 1. The highest BCUT2D eigenvalue weighted by atomic mass is 35.5. The molecule has 1 aliphatic heterocycles. The van der Waals surface area contributed by atoms with Crippen LogP contribution in [0.25, 0.3) is 22.3 Å². The molecule has 4 rings (SSSR count). The summed E-state index contributed by atoms with van der Waals surface area (Å²) in [5.74, 6) is -0.168. The summed E-state index contributed by atoms with van der Waals surface area (Å²) in [6, 6.07) is 13.3. The summed E-state index contributed by atoms with van der Waals surface area (Å²) in [6.45, 7) is 4.68. The lowest BCUT2D eigenvalue weighted by Gasteiger charge is -2.28. The van der Waals surface area contributed by atoms with E-state index in [1.165, 1.54) is 19.1 Å². The molecule has 3 N–H and O–H groups in total. The van der Waals surface area contributed by atoms with Crippen LogP contribution in [-0.4, -0.2) is 42.2 Å². The number of halogens is 2. The monoisotopic (exact) mass is 440 g/mol. The number of anilines is 2. The number of carbonyl (C=O) groups excluding carboxylic acids is 1. The first-order valence-electron chi connectivity index (χ1n) is 9.95. The minimum Gasteiger partial charge on any atom is -0.507 e. The highest BCUT2D eigenvalue weighted by Crippen LogP contribution is 2.40. The Balaban J connectivity index is 1.72. The molecular formula is C23H22ClFN4O2. The first-order valence-corrected chi connectivity index (χ1v) is 10.3. The smallest absolute Gasteiger partial charge is 0.221 e. The third kappa shape index (κ3) is 4.62. The van der Waals surface area contributed by atoms with Gasteiger partial charge in [-0.2, -0.15) is 0 Å². The van der Waals surface area contributed by atoms with E-state index in [1.54, 1.807) is 30.3 Å². The van der Waals surface area contributed by atoms with Gasteiger partial charge in [0.05, 0.1) is 5.69 Å². The van der Waals surface area contributed by atoms with Crippen molar-refractivity contribution in [3.05, 3.63) is 59.5 Å². The number of hydrogen-bond donors (Lipinski definition) is 3. The van der Waals surface area contributed by atoms with E-state index in [1.807, 2.05) is 6.07 Å². The molecule has 0 bridgehead atoms. The van der Waals surface area contributed by atoms with Crippen molar-refractivity contribution in [1.82, 2.24) is 10.3 Å². The molecule has 31 heavy (non-hydrogen) atoms. The number of rotatable bonds is 4. The lowest BCUT2D eigenvalue weighted by molar-refractivity contribution is -0.114. The molecule has 1 saturated heterocycles. The summed E-state index contributed by atoms with van der Waals surface area (Å²) < 4.78 is 14.4. The molecule has 1 aromatic heterocycles. The summed E-state index contributed by atoms with van der Waals surface area (Å²) in [6.07, 6.45) is 0. The van der Waals surface area contributed by atoms with E-state index in [2.05, 4.69) is 20.5 Å². The van der Waals surface area contributed by atoms with Gasteiger partial charge in [0.25, 0.3) is 0 Å². The number of aromatic hydroxyl groups is 1. The molecule has 0 radical (unpaired) electrons. The lowest BCUT2D eigenvalue weighted by atomic mass is 9.97. The van der Waals surface area contributed by atoms with Gasteiger partial charge in [0.2, 0.25) is 5.91 Å². The Bertz CT molecular complexity index is 1130. The Morgan fingerprint density at radius 2 is 1.84 bits per heavy atom. The maximum absolute atomic E-state index is 14.4. The zero-order chi connectivity index (χ0) is 22.0. The van der Waals surface area contributed by atoms with Crippen LogP contribution in [0.2, 0.25) is 5.15 Å². The van der Waals surface area contributed by atoms with E-state index < -0.39 is 5.82 Å². The fourth-order valence-electron chi connectivity index (χ4n) is 3.68. The van der Waals surface area contributed by atoms with Crippen molar-refractivity contribution < 1.29 is 14.3 Å². The SMILES string of the molecule is CC(=O)Nc1ccc(-c2cccc(-c3cc(Cl)nc(N4CCNCC4)c3)c2O)cc1F. The quantitative estimate of drug-likeness (QED) is 0.528. The first-order chi connectivity index (χ1) is 14.9. The molecule has 1 amide bonds. The van der Waals surface area contributed by atoms with Gasteiger partial charge < -0.3 is 20.6 Å². The molecule has 2 heterocycles. The van der Waals surface area contributed by atoms with Crippen LogP contribution in [0.1, 0.15) is 6.92 Å². The van der Waals surface area contributed by atoms with Crippen molar-refractivity contribution in [2.45, 2.75) is 6.92 Å². The number of nitrogens with zero attached hydrogens (tertiary/aromatic N) is 2. The molecule has 160 valence electrons. The van der Waals surface area contributed by atoms with Crippen LogP contribution in [-0.2, 0) is 4.79 Å². The molecule has 0 saturated carbocycles. The predicted molar refractivity (Wildman–Crippen MR) is 121 cm³/mol. The molecule has 2 aromatic carbocycles. The van der Waals surface area contributed by atoms with Crippen LogP contribution in [0.15, 0.2) is 48.5 Å². The second kappa shape index (κ2) is 8.91. The molecule has 0 unspecified atom stereocenters. The van der Waals surface area contributed by atoms with Gasteiger partial charge in [-0.3, -0.25) is 4.79 Å². The molecule has 8 heteroatoms. The van der Waals surface area contributed by atoms with E-state index >= 15 is 0 Å². The Morgan fingerprint density at radius 1 is 1.13 bits per heavy atom. The third-order valence-electron chi connectivity index (χ3n) is 5.16. The molecule has 0 spiro atoms. The van der Waals surface area contributed by atoms with Gasteiger partial charge in [-0.1, -0.05) is 35.9 Å². The van der Waals surface area contributed by atoms with Crippen molar-refractivity contribution in [2.24, 2.45) is 0 Å². The Kier molecular flexibility index (Phi) is 6.06. The Labute approximate surface area is 184 Å². The number of phenols is 1. The van der Waals surface area contributed by atoms with Crippen molar-refractivity contribution >= 4 is 29.0 Å². The second-order valence-electron chi connectivity index (χ2n) is 7.35. The van der Waals surface area contributed by atoms with E-state index in [4.69, 9.17) is 11.6 Å². The summed E-state index contributed by atoms with van der Waals surface area (Å²) in [7, 11) is 0. The summed E-state index contributed by atoms with van der Waals surface area (Å²) in [4.78, 5) is 17.8. The van der Waals surface area contributed by atoms with Gasteiger partial charge in [-0.15, -0.1) is 0 Å². The normalized spacial score (nSPS) is 13.8. The summed E-state index contributed by atoms with van der Waals surface area (Å²) in [5, 5.41) is 17.1. The number of pyridine rings is 1. The van der Waals surface area contributed by atoms with Gasteiger partial charge in [0.15, 0.2) is 0 Å². The standard InChI is InChI=1S/C23H22ClFN4O2/c1-14(30)27-20-6-5-15(11-19(20)25)17-3-2-4-18(23(17)31)16-12-21(24)28-22(13-16)29-9-7-26-8-10-29/h2-6,11-13,26,31H,7-10H2,1H3,(H,27,30). The molecule has 1 aliphatic rings. The third-order valence-corrected chi connectivity index (χ3v) is 5.35. The predicted octanol–water partition coefficient (Wildman–Crippen LogP) is 4.28. The zero-order valence-electron chi connectivity index (χ0n) is 17.0. The zero-order valence-corrected chi connectivity index (χ0v) is 17.7. The fourth-order valence-corrected chi connectivity index (χ4v) is 3.88. The molecule has 0 atom stereocenters. The van der Waals surface area contributed by atoms with E-state index in [0.717, 1.165) is 37.6 Å². The van der Waals surface area contributed by atoms with Gasteiger partial charge in [-0.05, 0) is 35.4 Å². The summed E-state index contributed by atoms with van der Waals surface area (Å²) in [5.41, 5.74) is 2.36. The summed E-state index contributed by atoms with van der Waals surface area (Å²) >= 11 is 6.29. The molecule has 6 nitrogen and oxygen atoms in total. The van der Waals surface area contributed by atoms with Crippen LogP contribution in [0.4, 0.5) is 15.9 Å². The van der Waals surface area contributed by atoms with Crippen molar-refractivity contribution in [3.8, 4) is 28.0 Å². The molecule has 1 fully saturated rings. The van der Waals surface area contributed by atoms with Gasteiger partial charge in [-0.25, -0.2) is 9.37 Å². The molecule has 0 aliphatic carbocycles. The number of phenolic OH excluding ortho intramolecular Hbond substituents is 1. The fraction of sp³-hybridized carbons (Fsp3) is 0.217. The van der Waals surface area contributed by atoms with Gasteiger partial charge in [0, 0.05) is 44.2 Å². The van der Waals surface area contributed by atoms with E-state index in [9.17, 15) is 14.3 Å². The highest BCUT2D eigenvalue weighted by Gasteiger charge is 2.17. The number of carbonyl (C=O) groups is 1. The van der Waals surface area contributed by atoms with Gasteiger partial charge in [0.1, 0.15) is 22.5 Å². The molecular weight excluding hydrogens is 419 g/mol.